The Morgan fingerprint density at radius 3 is 2.95 bits per heavy atom. The highest BCUT2D eigenvalue weighted by atomic mass is 32.1. The molecule has 2 heterocycles. The number of aromatic nitrogens is 2. The van der Waals surface area contributed by atoms with Gasteiger partial charge in [-0.05, 0) is 31.2 Å². The Morgan fingerprint density at radius 2 is 2.16 bits per heavy atom. The van der Waals surface area contributed by atoms with Gasteiger partial charge in [-0.25, -0.2) is 4.98 Å². The maximum Gasteiger partial charge on any atom is 0.262 e. The fraction of sp³-hybridized carbons (Fsp3) is 0.462. The quantitative estimate of drug-likeness (QED) is 0.838. The summed E-state index contributed by atoms with van der Waals surface area (Å²) in [5.41, 5.74) is 6.16. The van der Waals surface area contributed by atoms with E-state index in [9.17, 15) is 9.59 Å². The lowest BCUT2D eigenvalue weighted by Gasteiger charge is -2.03. The zero-order valence-electron chi connectivity index (χ0n) is 10.5. The smallest absolute Gasteiger partial charge is 0.262 e. The number of fused-ring (bicyclic) bond motifs is 3. The number of primary amides is 1. The molecular weight excluding hydrogens is 262 g/mol. The van der Waals surface area contributed by atoms with Crippen molar-refractivity contribution in [3.05, 3.63) is 27.1 Å². The Morgan fingerprint density at radius 1 is 1.37 bits per heavy atom. The van der Waals surface area contributed by atoms with E-state index in [0.29, 0.717) is 5.39 Å². The molecule has 2 N–H and O–H groups in total. The number of hydrogen-bond donors (Lipinski definition) is 1. The van der Waals surface area contributed by atoms with Gasteiger partial charge in [0, 0.05) is 4.88 Å². The molecule has 2 aromatic heterocycles. The van der Waals surface area contributed by atoms with Crippen molar-refractivity contribution in [2.45, 2.75) is 38.6 Å². The van der Waals surface area contributed by atoms with Crippen LogP contribution in [0.1, 0.15) is 29.7 Å². The summed E-state index contributed by atoms with van der Waals surface area (Å²) >= 11 is 1.61. The van der Waals surface area contributed by atoms with Crippen LogP contribution in [0.3, 0.4) is 0 Å². The van der Waals surface area contributed by atoms with Gasteiger partial charge in [0.05, 0.1) is 11.7 Å². The van der Waals surface area contributed by atoms with Crippen LogP contribution >= 0.6 is 11.3 Å². The minimum atomic E-state index is -0.524. The number of carbonyl (C=O) groups excluding carboxylic acids is 1. The van der Waals surface area contributed by atoms with Gasteiger partial charge in [0.25, 0.3) is 5.56 Å². The van der Waals surface area contributed by atoms with Crippen LogP contribution in [0, 0.1) is 0 Å². The van der Waals surface area contributed by atoms with Crippen molar-refractivity contribution >= 4 is 27.5 Å². The van der Waals surface area contributed by atoms with Crippen LogP contribution < -0.4 is 11.3 Å². The third-order valence-corrected chi connectivity index (χ3v) is 4.72. The monoisotopic (exact) mass is 277 g/mol. The molecule has 0 spiro atoms. The maximum absolute atomic E-state index is 12.4. The second kappa shape index (κ2) is 4.77. The van der Waals surface area contributed by atoms with Crippen LogP contribution in [0.4, 0.5) is 0 Å². The third kappa shape index (κ3) is 2.16. The average Bonchev–Trinajstić information content (AvgIpc) is 2.55. The fourth-order valence-electron chi connectivity index (χ4n) is 2.64. The summed E-state index contributed by atoms with van der Waals surface area (Å²) in [4.78, 5) is 29.8. The van der Waals surface area contributed by atoms with Gasteiger partial charge >= 0.3 is 0 Å². The standard InChI is InChI=1S/C13H15N3O2S/c14-10(17)6-16-7-15-12-11(13(16)18)8-4-2-1-3-5-9(8)19-12/h7H,1-6H2,(H2,14,17). The molecule has 3 rings (SSSR count). The van der Waals surface area contributed by atoms with Gasteiger partial charge in [0.15, 0.2) is 0 Å². The van der Waals surface area contributed by atoms with Crippen LogP contribution in [0.2, 0.25) is 0 Å². The number of thiophene rings is 1. The first kappa shape index (κ1) is 12.3. The molecule has 0 aliphatic heterocycles. The summed E-state index contributed by atoms with van der Waals surface area (Å²) in [7, 11) is 0. The zero-order valence-corrected chi connectivity index (χ0v) is 11.3. The number of nitrogens with two attached hydrogens (primary N) is 1. The number of rotatable bonds is 2. The molecule has 0 fully saturated rings. The first-order valence-electron chi connectivity index (χ1n) is 6.45. The Bertz CT molecular complexity index is 702. The highest BCUT2D eigenvalue weighted by molar-refractivity contribution is 7.18. The molecule has 5 nitrogen and oxygen atoms in total. The molecule has 0 saturated heterocycles. The lowest BCUT2D eigenvalue weighted by Crippen LogP contribution is -2.28. The number of carbonyl (C=O) groups is 1. The van der Waals surface area contributed by atoms with Crippen molar-refractivity contribution in [1.82, 2.24) is 9.55 Å². The molecule has 0 bridgehead atoms. The summed E-state index contributed by atoms with van der Waals surface area (Å²) in [6.07, 6.45) is 6.89. The molecule has 1 aliphatic carbocycles. The summed E-state index contributed by atoms with van der Waals surface area (Å²) < 4.78 is 1.31. The van der Waals surface area contributed by atoms with Gasteiger partial charge in [0.2, 0.25) is 5.91 Å². The van der Waals surface area contributed by atoms with E-state index in [-0.39, 0.29) is 12.1 Å². The Balaban J connectivity index is 2.21. The third-order valence-electron chi connectivity index (χ3n) is 3.52. The molecule has 6 heteroatoms. The number of amides is 1. The zero-order chi connectivity index (χ0) is 13.4. The predicted molar refractivity (Wildman–Crippen MR) is 74.3 cm³/mol. The van der Waals surface area contributed by atoms with Crippen LogP contribution in [0.25, 0.3) is 10.2 Å². The van der Waals surface area contributed by atoms with Crippen molar-refractivity contribution in [3.63, 3.8) is 0 Å². The summed E-state index contributed by atoms with van der Waals surface area (Å²) in [5.74, 6) is -0.524. The average molecular weight is 277 g/mol. The van der Waals surface area contributed by atoms with E-state index in [0.717, 1.165) is 29.7 Å². The molecule has 0 radical (unpaired) electrons. The van der Waals surface area contributed by atoms with Crippen molar-refractivity contribution in [1.29, 1.82) is 0 Å². The second-order valence-electron chi connectivity index (χ2n) is 4.89. The Kier molecular flexibility index (Phi) is 3.10. The minimum Gasteiger partial charge on any atom is -0.368 e. The molecular formula is C13H15N3O2S. The van der Waals surface area contributed by atoms with Crippen molar-refractivity contribution in [2.75, 3.05) is 0 Å². The summed E-state index contributed by atoms with van der Waals surface area (Å²) in [6.45, 7) is -0.105. The lowest BCUT2D eigenvalue weighted by atomic mass is 10.1. The SMILES string of the molecule is NC(=O)Cn1cnc2sc3c(c2c1=O)CCCCC3. The molecule has 0 saturated carbocycles. The predicted octanol–water partition coefficient (Wildman–Crippen LogP) is 1.21. The minimum absolute atomic E-state index is 0.105. The Hall–Kier alpha value is -1.69. The van der Waals surface area contributed by atoms with Gasteiger partial charge < -0.3 is 5.73 Å². The largest absolute Gasteiger partial charge is 0.368 e. The van der Waals surface area contributed by atoms with Gasteiger partial charge in [-0.3, -0.25) is 14.2 Å². The van der Waals surface area contributed by atoms with Gasteiger partial charge in [-0.15, -0.1) is 11.3 Å². The van der Waals surface area contributed by atoms with E-state index in [4.69, 9.17) is 5.73 Å². The van der Waals surface area contributed by atoms with Gasteiger partial charge in [-0.1, -0.05) is 6.42 Å². The molecule has 0 unspecified atom stereocenters. The molecule has 1 aliphatic rings. The first-order valence-corrected chi connectivity index (χ1v) is 7.26. The number of hydrogen-bond acceptors (Lipinski definition) is 4. The lowest BCUT2D eigenvalue weighted by molar-refractivity contribution is -0.118. The molecule has 100 valence electrons. The number of nitrogens with zero attached hydrogens (tertiary/aromatic N) is 2. The van der Waals surface area contributed by atoms with Crippen molar-refractivity contribution in [3.8, 4) is 0 Å². The molecule has 2 aromatic rings. The van der Waals surface area contributed by atoms with Crippen molar-refractivity contribution in [2.24, 2.45) is 5.73 Å². The molecule has 1 amide bonds. The molecule has 0 atom stereocenters. The highest BCUT2D eigenvalue weighted by Gasteiger charge is 2.19. The fourth-order valence-corrected chi connectivity index (χ4v) is 3.86. The summed E-state index contributed by atoms with van der Waals surface area (Å²) in [5, 5.41) is 0.700. The maximum atomic E-state index is 12.4. The van der Waals surface area contributed by atoms with E-state index in [1.54, 1.807) is 11.3 Å². The first-order chi connectivity index (χ1) is 9.16. The Labute approximate surface area is 114 Å². The van der Waals surface area contributed by atoms with E-state index in [1.807, 2.05) is 0 Å². The van der Waals surface area contributed by atoms with Crippen LogP contribution in [-0.4, -0.2) is 15.5 Å². The summed E-state index contributed by atoms with van der Waals surface area (Å²) in [6, 6.07) is 0. The van der Waals surface area contributed by atoms with Crippen molar-refractivity contribution < 1.29 is 4.79 Å². The normalized spacial score (nSPS) is 15.2. The van der Waals surface area contributed by atoms with E-state index < -0.39 is 5.91 Å². The van der Waals surface area contributed by atoms with E-state index >= 15 is 0 Å². The van der Waals surface area contributed by atoms with E-state index in [2.05, 4.69) is 4.98 Å². The van der Waals surface area contributed by atoms with Crippen LogP contribution in [-0.2, 0) is 24.2 Å². The molecule has 0 aromatic carbocycles. The van der Waals surface area contributed by atoms with Crippen LogP contribution in [0.5, 0.6) is 0 Å². The van der Waals surface area contributed by atoms with Crippen LogP contribution in [0.15, 0.2) is 11.1 Å². The second-order valence-corrected chi connectivity index (χ2v) is 5.97. The van der Waals surface area contributed by atoms with Gasteiger partial charge in [0.1, 0.15) is 11.4 Å². The molecule has 19 heavy (non-hydrogen) atoms. The van der Waals surface area contributed by atoms with Gasteiger partial charge in [-0.2, -0.15) is 0 Å². The van der Waals surface area contributed by atoms with E-state index in [1.165, 1.54) is 28.6 Å². The topological polar surface area (TPSA) is 78.0 Å². The highest BCUT2D eigenvalue weighted by Crippen LogP contribution is 2.32. The number of aryl methyl sites for hydroxylation is 2.